The number of rotatable bonds is 5. The second-order valence-corrected chi connectivity index (χ2v) is 6.18. The van der Waals surface area contributed by atoms with Crippen LogP contribution in [0.4, 0.5) is 5.69 Å². The summed E-state index contributed by atoms with van der Waals surface area (Å²) >= 11 is 4.86. The number of nitro groups is 1. The van der Waals surface area contributed by atoms with Gasteiger partial charge < -0.3 is 5.73 Å². The number of nitrogens with two attached hydrogens (primary N) is 1. The maximum absolute atomic E-state index is 11.1. The highest BCUT2D eigenvalue weighted by atomic mass is 79.9. The fourth-order valence-corrected chi connectivity index (χ4v) is 3.23. The standard InChI is InChI=1S/C14H11BrN2O3S/c15-11-2-1-3-12(7-11)21-8-10-5-4-9(14(16)18)6-13(10)17(19)20/h1-7H,8H2,(H2,16,18). The van der Waals surface area contributed by atoms with E-state index in [2.05, 4.69) is 15.9 Å². The van der Waals surface area contributed by atoms with Gasteiger partial charge >= 0.3 is 0 Å². The number of nitrogens with zero attached hydrogens (tertiary/aromatic N) is 1. The molecule has 0 aliphatic rings. The van der Waals surface area contributed by atoms with Crippen molar-refractivity contribution in [2.75, 3.05) is 0 Å². The predicted molar refractivity (Wildman–Crippen MR) is 85.3 cm³/mol. The fourth-order valence-electron chi connectivity index (χ4n) is 1.73. The summed E-state index contributed by atoms with van der Waals surface area (Å²) in [5, 5.41) is 11.1. The van der Waals surface area contributed by atoms with Gasteiger partial charge in [-0.15, -0.1) is 11.8 Å². The maximum Gasteiger partial charge on any atom is 0.274 e. The number of benzene rings is 2. The van der Waals surface area contributed by atoms with E-state index in [0.717, 1.165) is 9.37 Å². The molecule has 2 aromatic carbocycles. The monoisotopic (exact) mass is 366 g/mol. The van der Waals surface area contributed by atoms with E-state index < -0.39 is 10.8 Å². The Morgan fingerprint density at radius 2 is 2.05 bits per heavy atom. The van der Waals surface area contributed by atoms with Crippen molar-refractivity contribution in [2.24, 2.45) is 5.73 Å². The van der Waals surface area contributed by atoms with E-state index in [1.807, 2.05) is 24.3 Å². The minimum atomic E-state index is -0.677. The van der Waals surface area contributed by atoms with E-state index in [0.29, 0.717) is 11.3 Å². The van der Waals surface area contributed by atoms with Gasteiger partial charge in [0.25, 0.3) is 5.69 Å². The van der Waals surface area contributed by atoms with Crippen LogP contribution in [0, 0.1) is 10.1 Å². The van der Waals surface area contributed by atoms with E-state index in [1.165, 1.54) is 23.9 Å². The van der Waals surface area contributed by atoms with Gasteiger partial charge in [-0.1, -0.05) is 28.1 Å². The summed E-state index contributed by atoms with van der Waals surface area (Å²) < 4.78 is 0.950. The highest BCUT2D eigenvalue weighted by molar-refractivity contribution is 9.10. The molecule has 0 radical (unpaired) electrons. The van der Waals surface area contributed by atoms with Crippen LogP contribution in [0.25, 0.3) is 0 Å². The SMILES string of the molecule is NC(=O)c1ccc(CSc2cccc(Br)c2)c([N+](=O)[O-])c1. The van der Waals surface area contributed by atoms with Crippen LogP contribution in [0.5, 0.6) is 0 Å². The minimum Gasteiger partial charge on any atom is -0.366 e. The average molecular weight is 367 g/mol. The van der Waals surface area contributed by atoms with Crippen molar-refractivity contribution in [1.82, 2.24) is 0 Å². The fraction of sp³-hybridized carbons (Fsp3) is 0.0714. The Bertz CT molecular complexity index is 706. The molecule has 0 saturated carbocycles. The lowest BCUT2D eigenvalue weighted by Gasteiger charge is -2.05. The minimum absolute atomic E-state index is 0.0891. The molecule has 2 N–H and O–H groups in total. The van der Waals surface area contributed by atoms with Crippen LogP contribution in [-0.4, -0.2) is 10.8 Å². The van der Waals surface area contributed by atoms with Crippen LogP contribution < -0.4 is 5.73 Å². The van der Waals surface area contributed by atoms with E-state index in [9.17, 15) is 14.9 Å². The molecule has 0 bridgehead atoms. The molecule has 5 nitrogen and oxygen atoms in total. The van der Waals surface area contributed by atoms with Gasteiger partial charge in [-0.3, -0.25) is 14.9 Å². The molecule has 0 atom stereocenters. The molecule has 0 unspecified atom stereocenters. The molecular weight excluding hydrogens is 356 g/mol. The Morgan fingerprint density at radius 3 is 2.67 bits per heavy atom. The van der Waals surface area contributed by atoms with Crippen molar-refractivity contribution < 1.29 is 9.72 Å². The van der Waals surface area contributed by atoms with Gasteiger partial charge in [0.05, 0.1) is 4.92 Å². The Labute approximate surface area is 133 Å². The van der Waals surface area contributed by atoms with Crippen molar-refractivity contribution in [3.8, 4) is 0 Å². The maximum atomic E-state index is 11.1. The molecule has 0 aliphatic carbocycles. The van der Waals surface area contributed by atoms with Crippen molar-refractivity contribution in [2.45, 2.75) is 10.6 Å². The number of hydrogen-bond acceptors (Lipinski definition) is 4. The Kier molecular flexibility index (Phi) is 4.98. The molecule has 21 heavy (non-hydrogen) atoms. The lowest BCUT2D eigenvalue weighted by molar-refractivity contribution is -0.385. The molecule has 0 aliphatic heterocycles. The van der Waals surface area contributed by atoms with Crippen molar-refractivity contribution in [3.63, 3.8) is 0 Å². The van der Waals surface area contributed by atoms with Gasteiger partial charge in [0, 0.05) is 32.3 Å². The summed E-state index contributed by atoms with van der Waals surface area (Å²) in [7, 11) is 0. The van der Waals surface area contributed by atoms with E-state index >= 15 is 0 Å². The number of carbonyl (C=O) groups excluding carboxylic acids is 1. The average Bonchev–Trinajstić information content (AvgIpc) is 2.44. The van der Waals surface area contributed by atoms with E-state index in [-0.39, 0.29) is 11.3 Å². The van der Waals surface area contributed by atoms with Gasteiger partial charge in [-0.05, 0) is 24.3 Å². The number of amides is 1. The summed E-state index contributed by atoms with van der Waals surface area (Å²) in [6, 6.07) is 12.0. The molecule has 0 saturated heterocycles. The Balaban J connectivity index is 2.23. The number of halogens is 1. The number of primary amides is 1. The molecule has 0 heterocycles. The third-order valence-corrected chi connectivity index (χ3v) is 4.29. The largest absolute Gasteiger partial charge is 0.366 e. The first-order valence-corrected chi connectivity index (χ1v) is 7.70. The van der Waals surface area contributed by atoms with Crippen LogP contribution in [0.1, 0.15) is 15.9 Å². The Morgan fingerprint density at radius 1 is 1.29 bits per heavy atom. The van der Waals surface area contributed by atoms with Crippen molar-refractivity contribution >= 4 is 39.3 Å². The molecular formula is C14H11BrN2O3S. The molecule has 2 aromatic rings. The second-order valence-electron chi connectivity index (χ2n) is 4.21. The lowest BCUT2D eigenvalue weighted by Crippen LogP contribution is -2.11. The molecule has 0 aromatic heterocycles. The second kappa shape index (κ2) is 6.73. The summed E-state index contributed by atoms with van der Waals surface area (Å²) in [4.78, 5) is 22.7. The Hall–Kier alpha value is -1.86. The topological polar surface area (TPSA) is 86.2 Å². The zero-order valence-corrected chi connectivity index (χ0v) is 13.2. The zero-order valence-electron chi connectivity index (χ0n) is 10.8. The first kappa shape index (κ1) is 15.5. The van der Waals surface area contributed by atoms with Gasteiger partial charge in [0.1, 0.15) is 0 Å². The van der Waals surface area contributed by atoms with Gasteiger partial charge in [0.2, 0.25) is 5.91 Å². The van der Waals surface area contributed by atoms with E-state index in [1.54, 1.807) is 6.07 Å². The molecule has 0 fully saturated rings. The van der Waals surface area contributed by atoms with Crippen LogP contribution in [0.15, 0.2) is 51.8 Å². The van der Waals surface area contributed by atoms with Gasteiger partial charge in [-0.25, -0.2) is 0 Å². The number of hydrogen-bond donors (Lipinski definition) is 1. The predicted octanol–water partition coefficient (Wildman–Crippen LogP) is 3.75. The first-order chi connectivity index (χ1) is 9.97. The van der Waals surface area contributed by atoms with E-state index in [4.69, 9.17) is 5.73 Å². The van der Waals surface area contributed by atoms with Crippen molar-refractivity contribution in [1.29, 1.82) is 0 Å². The third-order valence-electron chi connectivity index (χ3n) is 2.76. The number of carbonyl (C=O) groups is 1. The van der Waals surface area contributed by atoms with Crippen molar-refractivity contribution in [3.05, 3.63) is 68.2 Å². The van der Waals surface area contributed by atoms with Crippen LogP contribution in [0.3, 0.4) is 0 Å². The molecule has 108 valence electrons. The summed E-state index contributed by atoms with van der Waals surface area (Å²) in [5.74, 6) is -0.240. The highest BCUT2D eigenvalue weighted by Gasteiger charge is 2.16. The smallest absolute Gasteiger partial charge is 0.274 e. The van der Waals surface area contributed by atoms with Gasteiger partial charge in [-0.2, -0.15) is 0 Å². The quantitative estimate of drug-likeness (QED) is 0.495. The number of nitro benzene ring substituents is 1. The lowest BCUT2D eigenvalue weighted by atomic mass is 10.1. The molecule has 7 heteroatoms. The number of thioether (sulfide) groups is 1. The summed E-state index contributed by atoms with van der Waals surface area (Å²) in [5.41, 5.74) is 5.74. The highest BCUT2D eigenvalue weighted by Crippen LogP contribution is 2.29. The van der Waals surface area contributed by atoms with Gasteiger partial charge in [0.15, 0.2) is 0 Å². The van der Waals surface area contributed by atoms with Crippen LogP contribution in [0.2, 0.25) is 0 Å². The summed E-state index contributed by atoms with van der Waals surface area (Å²) in [6.07, 6.45) is 0. The normalized spacial score (nSPS) is 10.3. The van der Waals surface area contributed by atoms with Crippen LogP contribution in [-0.2, 0) is 5.75 Å². The van der Waals surface area contributed by atoms with Crippen LogP contribution >= 0.6 is 27.7 Å². The molecule has 2 rings (SSSR count). The first-order valence-electron chi connectivity index (χ1n) is 5.93. The zero-order chi connectivity index (χ0) is 15.4. The third kappa shape index (κ3) is 4.05. The molecule has 0 spiro atoms. The molecule has 1 amide bonds. The summed E-state index contributed by atoms with van der Waals surface area (Å²) in [6.45, 7) is 0.